The van der Waals surface area contributed by atoms with Gasteiger partial charge in [0, 0.05) is 152 Å². The predicted molar refractivity (Wildman–Crippen MR) is 280 cm³/mol. The zero-order valence-electron chi connectivity index (χ0n) is 38.1. The van der Waals surface area contributed by atoms with Gasteiger partial charge in [-0.1, -0.05) is 33.1 Å². The van der Waals surface area contributed by atoms with Gasteiger partial charge in [-0.25, -0.2) is 23.8 Å². The highest BCUT2D eigenvalue weighted by Gasteiger charge is 2.57. The van der Waals surface area contributed by atoms with Gasteiger partial charge < -0.3 is 26.2 Å². The number of nitrogens with zero attached hydrogens (tertiary/aromatic N) is 14. The molecule has 0 spiro atoms. The zero-order valence-corrected chi connectivity index (χ0v) is 38.9. The van der Waals surface area contributed by atoms with E-state index >= 15 is 0 Å². The minimum absolute atomic E-state index is 0. The number of carbonyl (C=O) groups excluding carboxylic acids is 1. The van der Waals surface area contributed by atoms with Crippen LogP contribution in [0.15, 0.2) is 129 Å². The monoisotopic (exact) mass is 979 g/mol. The minimum Gasteiger partial charge on any atom is -0.356 e. The van der Waals surface area contributed by atoms with Gasteiger partial charge in [0.05, 0.1) is 46.9 Å². The topological polar surface area (TPSA) is 217 Å². The Hall–Kier alpha value is -8.58. The van der Waals surface area contributed by atoms with E-state index in [1.54, 1.807) is 30.8 Å². The molecule has 19 heteroatoms. The van der Waals surface area contributed by atoms with Gasteiger partial charge in [-0.2, -0.15) is 30.9 Å². The fourth-order valence-electron chi connectivity index (χ4n) is 10.3. The summed E-state index contributed by atoms with van der Waals surface area (Å²) in [5.74, 6) is 3.97. The molecular formula is C53H54ClN17O. The Morgan fingerprint density at radius 2 is 1.07 bits per heavy atom. The molecule has 1 aromatic carbocycles. The second kappa shape index (κ2) is 19.3. The number of carbonyl (C=O) groups is 1. The maximum absolute atomic E-state index is 12.4. The first-order chi connectivity index (χ1) is 33.7. The summed E-state index contributed by atoms with van der Waals surface area (Å²) in [7, 11) is 3.77. The quantitative estimate of drug-likeness (QED) is 0.134. The maximum atomic E-state index is 12.4. The Morgan fingerprint density at radius 1 is 0.597 bits per heavy atom. The highest BCUT2D eigenvalue weighted by Crippen LogP contribution is 2.47. The number of halogens is 1. The van der Waals surface area contributed by atoms with Crippen LogP contribution in [0.3, 0.4) is 0 Å². The van der Waals surface area contributed by atoms with Crippen molar-refractivity contribution in [3.8, 4) is 56.6 Å². The lowest BCUT2D eigenvalue weighted by Gasteiger charge is -2.21. The zero-order chi connectivity index (χ0) is 46.9. The number of rotatable bonds is 8. The van der Waals surface area contributed by atoms with Crippen LogP contribution in [0.2, 0.25) is 0 Å². The lowest BCUT2D eigenvalue weighted by molar-refractivity contribution is 0.250. The minimum atomic E-state index is -0.161. The van der Waals surface area contributed by atoms with Crippen LogP contribution < -0.4 is 26.2 Å². The molecule has 2 unspecified atom stereocenters. The number of aromatic nitrogens is 10. The van der Waals surface area contributed by atoms with Crippen LogP contribution in [0.25, 0.3) is 55.5 Å². The Balaban J connectivity index is 0.000000176. The standard InChI is InChI=1S/C29H25N9O.C22H20N8.2CH4.ClH/c1-36-14-21(13-32-36)19-9-23(28-20(10-30)12-33-38(28)15-19)18-7-8-26(31-11-18)37-16-24-25(17-37)27(24)35-29(39)34-22-5-3-2-4-6-22;1-28-9-16(8-26-28)14-4-17(22-15(5-23)7-27-30(22)10-14)13-2-3-20(25-6-13)29-11-18-19(12-29)21(18)24;;;/h2-9,11-15,24-25,27H,16-17H2,1H3,(H2,34,35,39);2-4,6-10,18-19,21H,11-12,24H2,1H3;2*1H4;1H/t24-,25+,27?;18-,19+,21?;;;. The molecule has 2 aliphatic carbocycles. The van der Waals surface area contributed by atoms with Crippen molar-refractivity contribution in [1.29, 1.82) is 10.5 Å². The lowest BCUT2D eigenvalue weighted by atomic mass is 10.0. The predicted octanol–water partition coefficient (Wildman–Crippen LogP) is 7.68. The average Bonchev–Trinajstić information content (AvgIpc) is 4.01. The number of nitriles is 2. The number of para-hydroxylation sites is 1. The molecule has 8 aromatic heterocycles. The first-order valence-electron chi connectivity index (χ1n) is 22.8. The Morgan fingerprint density at radius 3 is 1.49 bits per heavy atom. The molecule has 72 heavy (non-hydrogen) atoms. The number of hydrogen-bond acceptors (Lipinski definition) is 12. The number of benzene rings is 1. The number of anilines is 3. The number of hydrogen-bond donors (Lipinski definition) is 3. The summed E-state index contributed by atoms with van der Waals surface area (Å²) >= 11 is 0. The van der Waals surface area contributed by atoms with Crippen molar-refractivity contribution in [2.24, 2.45) is 43.5 Å². The van der Waals surface area contributed by atoms with E-state index in [1.807, 2.05) is 106 Å². The van der Waals surface area contributed by atoms with Gasteiger partial charge >= 0.3 is 6.03 Å². The van der Waals surface area contributed by atoms with Gasteiger partial charge in [0.2, 0.25) is 0 Å². The van der Waals surface area contributed by atoms with E-state index in [4.69, 9.17) is 15.7 Å². The van der Waals surface area contributed by atoms with Crippen molar-refractivity contribution in [1.82, 2.24) is 54.1 Å². The van der Waals surface area contributed by atoms with E-state index in [0.29, 0.717) is 40.8 Å². The molecule has 13 rings (SSSR count). The van der Waals surface area contributed by atoms with Crippen LogP contribution in [0.5, 0.6) is 0 Å². The van der Waals surface area contributed by atoms with Crippen LogP contribution >= 0.6 is 12.4 Å². The summed E-state index contributed by atoms with van der Waals surface area (Å²) in [6.45, 7) is 3.69. The van der Waals surface area contributed by atoms with Crippen LogP contribution in [0.1, 0.15) is 26.0 Å². The number of urea groups is 1. The van der Waals surface area contributed by atoms with Crippen molar-refractivity contribution in [2.75, 3.05) is 41.3 Å². The number of fused-ring (bicyclic) bond motifs is 4. The highest BCUT2D eigenvalue weighted by molar-refractivity contribution is 5.90. The summed E-state index contributed by atoms with van der Waals surface area (Å²) in [5.41, 5.74) is 17.0. The molecule has 4 N–H and O–H groups in total. The van der Waals surface area contributed by atoms with E-state index in [1.165, 1.54) is 0 Å². The summed E-state index contributed by atoms with van der Waals surface area (Å²) in [4.78, 5) is 26.5. The number of nitrogens with two attached hydrogens (primary N) is 1. The van der Waals surface area contributed by atoms with E-state index < -0.39 is 0 Å². The Labute approximate surface area is 422 Å². The molecule has 2 aliphatic heterocycles. The van der Waals surface area contributed by atoms with Crippen molar-refractivity contribution < 1.29 is 4.79 Å². The van der Waals surface area contributed by atoms with E-state index in [2.05, 4.69) is 77.2 Å². The first kappa shape index (κ1) is 48.4. The second-order valence-corrected chi connectivity index (χ2v) is 18.4. The molecule has 4 fully saturated rings. The van der Waals surface area contributed by atoms with E-state index in [9.17, 15) is 15.3 Å². The summed E-state index contributed by atoms with van der Waals surface area (Å²) < 4.78 is 7.04. The first-order valence-corrected chi connectivity index (χ1v) is 22.8. The molecule has 9 aromatic rings. The normalized spacial score (nSPS) is 19.8. The molecule has 4 aliphatic rings. The average molecular weight is 981 g/mol. The SMILES string of the molecule is C.C.Cl.Cn1cc(-c2cc(-c3ccc(N4C[C@@H]5C(N)[C@@H]5C4)nc3)c3c(C#N)cnn3c2)cn1.Cn1cc(-c2cc(-c3ccc(N4C[C@@H]5C(NC(=O)Nc6ccccc6)[C@@H]5C4)nc3)c3c(C#N)cnn3c2)cn1. The van der Waals surface area contributed by atoms with Crippen LogP contribution in [0, 0.1) is 46.3 Å². The number of amides is 2. The largest absolute Gasteiger partial charge is 0.356 e. The molecule has 10 heterocycles. The number of nitrogens with one attached hydrogen (secondary N) is 2. The van der Waals surface area contributed by atoms with E-state index in [-0.39, 0.29) is 39.3 Å². The Bertz CT molecular complexity index is 3490. The molecule has 6 atom stereocenters. The molecule has 2 amide bonds. The Kier molecular flexibility index (Phi) is 13.0. The molecule has 0 radical (unpaired) electrons. The number of piperidine rings is 2. The molecular weight excluding hydrogens is 926 g/mol. The van der Waals surface area contributed by atoms with Gasteiger partial charge in [-0.15, -0.1) is 12.4 Å². The van der Waals surface area contributed by atoms with Gasteiger partial charge in [0.15, 0.2) is 0 Å². The van der Waals surface area contributed by atoms with Crippen molar-refractivity contribution in [2.45, 2.75) is 26.9 Å². The third-order valence-electron chi connectivity index (χ3n) is 14.1. The molecule has 364 valence electrons. The number of pyridine rings is 4. The van der Waals surface area contributed by atoms with Crippen molar-refractivity contribution >= 4 is 46.8 Å². The van der Waals surface area contributed by atoms with Gasteiger partial charge in [-0.05, 0) is 60.4 Å². The van der Waals surface area contributed by atoms with Crippen molar-refractivity contribution in [3.63, 3.8) is 0 Å². The fraction of sp³-hybridized carbons (Fsp3) is 0.264. The highest BCUT2D eigenvalue weighted by atomic mass is 35.5. The van der Waals surface area contributed by atoms with Gasteiger partial charge in [0.1, 0.15) is 23.8 Å². The maximum Gasteiger partial charge on any atom is 0.319 e. The second-order valence-electron chi connectivity index (χ2n) is 18.4. The molecule has 0 bridgehead atoms. The fourth-order valence-corrected chi connectivity index (χ4v) is 10.3. The molecule has 2 saturated heterocycles. The third-order valence-corrected chi connectivity index (χ3v) is 14.1. The van der Waals surface area contributed by atoms with Crippen LogP contribution in [0.4, 0.5) is 22.1 Å². The molecule has 2 saturated carbocycles. The van der Waals surface area contributed by atoms with Crippen molar-refractivity contribution in [3.05, 3.63) is 140 Å². The van der Waals surface area contributed by atoms with Gasteiger partial charge in [0.25, 0.3) is 0 Å². The van der Waals surface area contributed by atoms with Crippen LogP contribution in [-0.2, 0) is 14.1 Å². The summed E-state index contributed by atoms with van der Waals surface area (Å²) in [5, 5.41) is 42.6. The lowest BCUT2D eigenvalue weighted by Crippen LogP contribution is -2.37. The third kappa shape index (κ3) is 8.82. The van der Waals surface area contributed by atoms with Crippen LogP contribution in [-0.4, -0.2) is 93.1 Å². The summed E-state index contributed by atoms with van der Waals surface area (Å²) in [6.07, 6.45) is 18.3. The smallest absolute Gasteiger partial charge is 0.319 e. The molecule has 18 nitrogen and oxygen atoms in total. The van der Waals surface area contributed by atoms with E-state index in [0.717, 1.165) is 99.0 Å². The summed E-state index contributed by atoms with van der Waals surface area (Å²) in [6, 6.07) is 26.7. The number of aryl methyl sites for hydroxylation is 2. The van der Waals surface area contributed by atoms with Gasteiger partial charge in [-0.3, -0.25) is 9.36 Å².